The molecule has 1 atom stereocenters. The molecule has 0 amide bonds. The predicted octanol–water partition coefficient (Wildman–Crippen LogP) is 1.75. The third-order valence-electron chi connectivity index (χ3n) is 3.41. The van der Waals surface area contributed by atoms with Crippen molar-refractivity contribution in [1.82, 2.24) is 9.36 Å². The number of aromatic nitrogens is 2. The van der Waals surface area contributed by atoms with Gasteiger partial charge in [-0.15, -0.1) is 0 Å². The lowest BCUT2D eigenvalue weighted by Gasteiger charge is -2.20. The Kier molecular flexibility index (Phi) is 2.91. The van der Waals surface area contributed by atoms with Gasteiger partial charge in [0.15, 0.2) is 0 Å². The number of nitrogens with zero attached hydrogens (tertiary/aromatic N) is 3. The Morgan fingerprint density at radius 3 is 2.79 bits per heavy atom. The number of hydrogen-bond acceptors (Lipinski definition) is 6. The fourth-order valence-electron chi connectivity index (χ4n) is 2.42. The van der Waals surface area contributed by atoms with Crippen molar-refractivity contribution in [3.8, 4) is 11.1 Å². The minimum atomic E-state index is -0.631. The first-order valence-corrected chi connectivity index (χ1v) is 6.97. The van der Waals surface area contributed by atoms with Crippen LogP contribution in [0, 0.1) is 0 Å². The molecule has 3 heterocycles. The molecule has 0 spiro atoms. The molecule has 0 aliphatic carbocycles. The molecule has 2 aromatic rings. The Hall–Kier alpha value is -1.66. The first-order chi connectivity index (χ1) is 9.07. The average Bonchev–Trinajstić information content (AvgIpc) is 2.93. The summed E-state index contributed by atoms with van der Waals surface area (Å²) in [5.41, 5.74) is 7.33. The van der Waals surface area contributed by atoms with Crippen LogP contribution in [-0.4, -0.2) is 33.2 Å². The summed E-state index contributed by atoms with van der Waals surface area (Å²) in [4.78, 5) is 6.18. The number of aliphatic hydroxyl groups is 1. The lowest BCUT2D eigenvalue weighted by Crippen LogP contribution is -2.29. The Morgan fingerprint density at radius 1 is 1.42 bits per heavy atom. The number of nitrogens with two attached hydrogens (primary N) is 1. The molecular formula is C13H16N4OS. The molecule has 100 valence electrons. The monoisotopic (exact) mass is 276 g/mol. The van der Waals surface area contributed by atoms with Crippen LogP contribution in [0.15, 0.2) is 24.5 Å². The summed E-state index contributed by atoms with van der Waals surface area (Å²) in [6.07, 6.45) is 4.26. The molecule has 5 nitrogen and oxygen atoms in total. The van der Waals surface area contributed by atoms with Gasteiger partial charge >= 0.3 is 0 Å². The highest BCUT2D eigenvalue weighted by atomic mass is 32.1. The van der Waals surface area contributed by atoms with Gasteiger partial charge in [-0.2, -0.15) is 4.37 Å². The lowest BCUT2D eigenvalue weighted by atomic mass is 10.1. The van der Waals surface area contributed by atoms with Gasteiger partial charge in [0.25, 0.3) is 0 Å². The van der Waals surface area contributed by atoms with Crippen molar-refractivity contribution in [3.05, 3.63) is 24.5 Å². The number of hydrogen-bond donors (Lipinski definition) is 2. The van der Waals surface area contributed by atoms with Crippen LogP contribution in [0.2, 0.25) is 0 Å². The third-order valence-corrected chi connectivity index (χ3v) is 4.33. The van der Waals surface area contributed by atoms with Crippen molar-refractivity contribution in [1.29, 1.82) is 0 Å². The molecule has 1 fully saturated rings. The zero-order valence-electron chi connectivity index (χ0n) is 10.7. The zero-order valence-corrected chi connectivity index (χ0v) is 11.5. The number of β-amino-alcohol motifs (C(OH)–C–C–N with tert-alkyl or cyclic N) is 1. The number of nitrogen functional groups attached to an aromatic ring is 1. The number of rotatable bonds is 2. The van der Waals surface area contributed by atoms with Crippen LogP contribution < -0.4 is 10.6 Å². The molecule has 0 bridgehead atoms. The van der Waals surface area contributed by atoms with Crippen molar-refractivity contribution >= 4 is 22.4 Å². The van der Waals surface area contributed by atoms with E-state index in [1.807, 2.05) is 19.1 Å². The van der Waals surface area contributed by atoms with Gasteiger partial charge in [0, 0.05) is 25.5 Å². The van der Waals surface area contributed by atoms with E-state index in [1.54, 1.807) is 12.4 Å². The molecule has 1 unspecified atom stereocenters. The maximum Gasteiger partial charge on any atom is 0.147 e. The van der Waals surface area contributed by atoms with Crippen molar-refractivity contribution in [2.75, 3.05) is 23.7 Å². The van der Waals surface area contributed by atoms with Gasteiger partial charge in [0.1, 0.15) is 10.8 Å². The van der Waals surface area contributed by atoms with Crippen molar-refractivity contribution in [3.63, 3.8) is 0 Å². The van der Waals surface area contributed by atoms with Gasteiger partial charge in [-0.3, -0.25) is 4.98 Å². The van der Waals surface area contributed by atoms with Gasteiger partial charge < -0.3 is 15.7 Å². The van der Waals surface area contributed by atoms with Crippen LogP contribution in [0.25, 0.3) is 11.1 Å². The van der Waals surface area contributed by atoms with Crippen LogP contribution in [0.5, 0.6) is 0 Å². The molecule has 3 rings (SSSR count). The van der Waals surface area contributed by atoms with Gasteiger partial charge in [0.2, 0.25) is 0 Å². The molecule has 1 aliphatic rings. The SMILES string of the molecule is CC1(O)CCN(c2snc(N)c2-c2ccncc2)C1. The summed E-state index contributed by atoms with van der Waals surface area (Å²) in [5.74, 6) is 0.540. The normalized spacial score (nSPS) is 22.9. The summed E-state index contributed by atoms with van der Waals surface area (Å²) >= 11 is 1.39. The van der Waals surface area contributed by atoms with Gasteiger partial charge in [-0.1, -0.05) is 0 Å². The van der Waals surface area contributed by atoms with E-state index in [-0.39, 0.29) is 0 Å². The lowest BCUT2D eigenvalue weighted by molar-refractivity contribution is 0.0840. The molecule has 3 N–H and O–H groups in total. The summed E-state index contributed by atoms with van der Waals surface area (Å²) < 4.78 is 4.26. The van der Waals surface area contributed by atoms with E-state index in [1.165, 1.54) is 11.5 Å². The van der Waals surface area contributed by atoms with E-state index in [9.17, 15) is 5.11 Å². The minimum Gasteiger partial charge on any atom is -0.388 e. The predicted molar refractivity (Wildman–Crippen MR) is 77.2 cm³/mol. The molecule has 2 aromatic heterocycles. The summed E-state index contributed by atoms with van der Waals surface area (Å²) in [6, 6.07) is 3.86. The Morgan fingerprint density at radius 2 is 2.16 bits per heavy atom. The minimum absolute atomic E-state index is 0.540. The summed E-state index contributed by atoms with van der Waals surface area (Å²) in [6.45, 7) is 3.31. The third kappa shape index (κ3) is 2.29. The highest BCUT2D eigenvalue weighted by Crippen LogP contribution is 2.41. The zero-order chi connectivity index (χ0) is 13.5. The second-order valence-electron chi connectivity index (χ2n) is 5.15. The smallest absolute Gasteiger partial charge is 0.147 e. The van der Waals surface area contributed by atoms with E-state index >= 15 is 0 Å². The number of anilines is 2. The average molecular weight is 276 g/mol. The molecular weight excluding hydrogens is 260 g/mol. The maximum absolute atomic E-state index is 10.1. The molecule has 1 saturated heterocycles. The molecule has 6 heteroatoms. The molecule has 0 aromatic carbocycles. The van der Waals surface area contributed by atoms with Crippen molar-refractivity contribution in [2.45, 2.75) is 18.9 Å². The largest absolute Gasteiger partial charge is 0.388 e. The first kappa shape index (κ1) is 12.4. The fourth-order valence-corrected chi connectivity index (χ4v) is 3.28. The van der Waals surface area contributed by atoms with E-state index in [4.69, 9.17) is 5.73 Å². The molecule has 19 heavy (non-hydrogen) atoms. The van der Waals surface area contributed by atoms with Crippen LogP contribution in [0.4, 0.5) is 10.8 Å². The highest BCUT2D eigenvalue weighted by molar-refractivity contribution is 7.11. The van der Waals surface area contributed by atoms with Crippen molar-refractivity contribution in [2.24, 2.45) is 0 Å². The topological polar surface area (TPSA) is 75.3 Å². The number of pyridine rings is 1. The molecule has 1 aliphatic heterocycles. The van der Waals surface area contributed by atoms with Crippen LogP contribution in [-0.2, 0) is 0 Å². The van der Waals surface area contributed by atoms with Crippen molar-refractivity contribution < 1.29 is 5.11 Å². The van der Waals surface area contributed by atoms with E-state index in [0.717, 1.165) is 29.1 Å². The second-order valence-corrected chi connectivity index (χ2v) is 5.90. The summed E-state index contributed by atoms with van der Waals surface area (Å²) in [7, 11) is 0. The second kappa shape index (κ2) is 4.47. The summed E-state index contributed by atoms with van der Waals surface area (Å²) in [5, 5.41) is 11.1. The van der Waals surface area contributed by atoms with Crippen LogP contribution in [0.3, 0.4) is 0 Å². The quantitative estimate of drug-likeness (QED) is 0.874. The molecule has 0 radical (unpaired) electrons. The van der Waals surface area contributed by atoms with Crippen LogP contribution >= 0.6 is 11.5 Å². The Balaban J connectivity index is 2.00. The van der Waals surface area contributed by atoms with Crippen LogP contribution in [0.1, 0.15) is 13.3 Å². The van der Waals surface area contributed by atoms with E-state index < -0.39 is 5.60 Å². The standard InChI is InChI=1S/C13H16N4OS/c1-13(18)4-7-17(8-13)12-10(11(14)16-19-12)9-2-5-15-6-3-9/h2-3,5-6,18H,4,7-8H2,1H3,(H2,14,16). The van der Waals surface area contributed by atoms with Gasteiger partial charge in [-0.05, 0) is 42.6 Å². The molecule has 0 saturated carbocycles. The Bertz CT molecular complexity index is 582. The Labute approximate surface area is 115 Å². The van der Waals surface area contributed by atoms with Gasteiger partial charge in [-0.25, -0.2) is 0 Å². The fraction of sp³-hybridized carbons (Fsp3) is 0.385. The van der Waals surface area contributed by atoms with Gasteiger partial charge in [0.05, 0.1) is 11.2 Å². The first-order valence-electron chi connectivity index (χ1n) is 6.20. The van der Waals surface area contributed by atoms with E-state index in [2.05, 4.69) is 14.3 Å². The highest BCUT2D eigenvalue weighted by Gasteiger charge is 2.33. The van der Waals surface area contributed by atoms with E-state index in [0.29, 0.717) is 12.4 Å². The maximum atomic E-state index is 10.1.